The predicted octanol–water partition coefficient (Wildman–Crippen LogP) is 7.11. The molecule has 10 rings (SSSR count). The van der Waals surface area contributed by atoms with Crippen LogP contribution in [0.1, 0.15) is 62.1 Å². The van der Waals surface area contributed by atoms with Gasteiger partial charge in [0.25, 0.3) is 5.89 Å². The van der Waals surface area contributed by atoms with E-state index in [1.165, 1.54) is 0 Å². The molecule has 7 heterocycles. The first kappa shape index (κ1) is 33.3. The van der Waals surface area contributed by atoms with Gasteiger partial charge in [0.15, 0.2) is 28.6 Å². The van der Waals surface area contributed by atoms with Gasteiger partial charge in [0.2, 0.25) is 17.7 Å². The third kappa shape index (κ3) is 4.47. The van der Waals surface area contributed by atoms with Crippen LogP contribution in [-0.2, 0) is 21.4 Å². The summed E-state index contributed by atoms with van der Waals surface area (Å²) in [6, 6.07) is 16.0. The Kier molecular flexibility index (Phi) is 7.15. The van der Waals surface area contributed by atoms with Crippen molar-refractivity contribution in [2.45, 2.75) is 63.9 Å². The van der Waals surface area contributed by atoms with Crippen molar-refractivity contribution in [3.05, 3.63) is 93.2 Å². The van der Waals surface area contributed by atoms with E-state index in [2.05, 4.69) is 27.0 Å². The van der Waals surface area contributed by atoms with E-state index in [0.29, 0.717) is 22.2 Å². The highest BCUT2D eigenvalue weighted by Crippen LogP contribution is 2.62. The summed E-state index contributed by atoms with van der Waals surface area (Å²) in [6.45, 7) is 7.36. The third-order valence-electron chi connectivity index (χ3n) is 11.2. The molecule has 4 aliphatic heterocycles. The van der Waals surface area contributed by atoms with Gasteiger partial charge >= 0.3 is 0 Å². The molecule has 5 atom stereocenters. The molecule has 0 radical (unpaired) electrons. The molecule has 54 heavy (non-hydrogen) atoms. The number of hydrogen-bond acceptors (Lipinski definition) is 9. The lowest BCUT2D eigenvalue weighted by Gasteiger charge is -2.29. The van der Waals surface area contributed by atoms with Crippen LogP contribution in [0.4, 0.5) is 5.69 Å². The summed E-state index contributed by atoms with van der Waals surface area (Å²) in [6.07, 6.45) is -1.87. The fourth-order valence-electron chi connectivity index (χ4n) is 8.52. The highest BCUT2D eigenvalue weighted by atomic mass is 35.5. The molecule has 10 bridgehead atoms. The normalized spacial score (nSPS) is 22.2. The molecule has 6 aromatic rings. The maximum absolute atomic E-state index is 14.2. The lowest BCUT2D eigenvalue weighted by atomic mass is 9.72. The Morgan fingerprint density at radius 2 is 1.80 bits per heavy atom. The number of aromatic amines is 1. The van der Waals surface area contributed by atoms with E-state index in [9.17, 15) is 14.7 Å². The van der Waals surface area contributed by atoms with Crippen molar-refractivity contribution in [3.63, 3.8) is 0 Å². The number of aliphatic hydroxyl groups excluding tert-OH is 1. The summed E-state index contributed by atoms with van der Waals surface area (Å²) >= 11 is 13.9. The highest BCUT2D eigenvalue weighted by molar-refractivity contribution is 6.37. The van der Waals surface area contributed by atoms with Crippen LogP contribution in [0, 0.1) is 11.8 Å². The van der Waals surface area contributed by atoms with Crippen molar-refractivity contribution in [2.24, 2.45) is 11.8 Å². The zero-order valence-electron chi connectivity index (χ0n) is 29.5. The van der Waals surface area contributed by atoms with Crippen LogP contribution in [0.5, 0.6) is 5.75 Å². The lowest BCUT2D eigenvalue weighted by Crippen LogP contribution is -2.52. The molecule has 2 amide bonds. The largest absolute Gasteiger partial charge is 0.469 e. The summed E-state index contributed by atoms with van der Waals surface area (Å²) in [7, 11) is 0. The number of rotatable bonds is 4. The number of halogens is 2. The van der Waals surface area contributed by atoms with Crippen LogP contribution in [-0.4, -0.2) is 50.2 Å². The first-order valence-electron chi connectivity index (χ1n) is 17.9. The molecule has 0 saturated heterocycles. The summed E-state index contributed by atoms with van der Waals surface area (Å²) in [5, 5.41) is 21.5. The molecule has 5 N–H and O–H groups in total. The van der Waals surface area contributed by atoms with Gasteiger partial charge in [-0.15, -0.1) is 0 Å². The van der Waals surface area contributed by atoms with Crippen molar-refractivity contribution < 1.29 is 28.3 Å². The van der Waals surface area contributed by atoms with E-state index in [0.717, 1.165) is 44.4 Å². The minimum Gasteiger partial charge on any atom is -0.469 e. The molecule has 0 unspecified atom stereocenters. The number of amides is 2. The first-order valence-corrected chi connectivity index (χ1v) is 18.7. The number of nitrogens with one attached hydrogen (secondary N) is 4. The van der Waals surface area contributed by atoms with Crippen LogP contribution in [0.3, 0.4) is 0 Å². The van der Waals surface area contributed by atoms with E-state index in [1.807, 2.05) is 62.4 Å². The van der Waals surface area contributed by atoms with E-state index in [4.69, 9.17) is 46.7 Å². The maximum atomic E-state index is 14.2. The quantitative estimate of drug-likeness (QED) is 0.126. The van der Waals surface area contributed by atoms with Crippen molar-refractivity contribution in [1.82, 2.24) is 25.6 Å². The van der Waals surface area contributed by atoms with E-state index in [-0.39, 0.29) is 46.6 Å². The molecule has 12 nitrogen and oxygen atoms in total. The van der Waals surface area contributed by atoms with Gasteiger partial charge in [-0.2, -0.15) is 4.98 Å². The zero-order valence-corrected chi connectivity index (χ0v) is 31.0. The second-order valence-corrected chi connectivity index (χ2v) is 15.8. The molecule has 3 aromatic carbocycles. The Morgan fingerprint density at radius 1 is 1.00 bits per heavy atom. The molecule has 3 aromatic heterocycles. The number of hydrogen-bond donors (Lipinski definition) is 5. The van der Waals surface area contributed by atoms with E-state index >= 15 is 0 Å². The third-order valence-corrected chi connectivity index (χ3v) is 11.7. The van der Waals surface area contributed by atoms with E-state index < -0.39 is 41.6 Å². The second-order valence-electron chi connectivity index (χ2n) is 15.1. The van der Waals surface area contributed by atoms with Gasteiger partial charge in [0.05, 0.1) is 5.56 Å². The topological polar surface area (TPSA) is 168 Å². The smallest absolute Gasteiger partial charge is 0.250 e. The van der Waals surface area contributed by atoms with Crippen LogP contribution < -0.4 is 20.7 Å². The molecule has 1 spiro atoms. The number of aromatic nitrogens is 3. The van der Waals surface area contributed by atoms with Crippen LogP contribution >= 0.6 is 23.2 Å². The minimum absolute atomic E-state index is 0.0872. The van der Waals surface area contributed by atoms with Gasteiger partial charge in [-0.25, -0.2) is 4.98 Å². The SMILES string of the molecule is CC(C)[C@@H](O)C(=O)N[C@H]1Cc2ccc3c(c2)[C@@]24c5cccc(c5N[C@@H]2O3)-c2cccc3[nH]c(Cl)c(c23)-c2oc(nc2Cl)-c2nc(oc24)[C@@H](C(C)C)NC1=O. The van der Waals surface area contributed by atoms with Gasteiger partial charge in [-0.05, 0) is 35.1 Å². The number of carbonyl (C=O) groups excluding carboxylic acids is 2. The molecular weight excluding hydrogens is 731 g/mol. The molecular formula is C40H34Cl2N6O6. The Hall–Kier alpha value is -5.30. The van der Waals surface area contributed by atoms with Gasteiger partial charge in [0, 0.05) is 39.7 Å². The Balaban J connectivity index is 1.30. The van der Waals surface area contributed by atoms with Crippen molar-refractivity contribution in [2.75, 3.05) is 5.32 Å². The fraction of sp³-hybridized carbons (Fsp3) is 0.300. The van der Waals surface area contributed by atoms with Crippen molar-refractivity contribution >= 4 is 51.6 Å². The fourth-order valence-corrected chi connectivity index (χ4v) is 9.01. The summed E-state index contributed by atoms with van der Waals surface area (Å²) in [4.78, 5) is 40.5. The van der Waals surface area contributed by atoms with Gasteiger partial charge < -0.3 is 39.6 Å². The monoisotopic (exact) mass is 764 g/mol. The van der Waals surface area contributed by atoms with Crippen molar-refractivity contribution in [1.29, 1.82) is 0 Å². The van der Waals surface area contributed by atoms with Gasteiger partial charge in [-0.3, -0.25) is 9.59 Å². The Labute approximate surface area is 318 Å². The van der Waals surface area contributed by atoms with Gasteiger partial charge in [-0.1, -0.05) is 93.4 Å². The highest BCUT2D eigenvalue weighted by Gasteiger charge is 2.61. The molecule has 14 heteroatoms. The predicted molar refractivity (Wildman–Crippen MR) is 201 cm³/mol. The summed E-state index contributed by atoms with van der Waals surface area (Å²) < 4.78 is 20.4. The minimum atomic E-state index is -1.30. The van der Waals surface area contributed by atoms with Crippen LogP contribution in [0.15, 0.2) is 63.4 Å². The maximum Gasteiger partial charge on any atom is 0.250 e. The van der Waals surface area contributed by atoms with Gasteiger partial charge in [0.1, 0.15) is 34.5 Å². The summed E-state index contributed by atoms with van der Waals surface area (Å²) in [5.74, 6) is -0.0970. The molecule has 0 aliphatic carbocycles. The Morgan fingerprint density at radius 3 is 2.59 bits per heavy atom. The second kappa shape index (κ2) is 11.6. The molecule has 0 saturated carbocycles. The number of benzene rings is 3. The number of aliphatic hydroxyl groups is 1. The number of H-pyrrole nitrogens is 1. The molecule has 4 aliphatic rings. The lowest BCUT2D eigenvalue weighted by molar-refractivity contribution is -0.135. The Bertz CT molecular complexity index is 2590. The standard InChI is InChI=1S/C40H34Cl2N6O6/c1-15(2)27-37-46-29-32(54-37)40-20-9-5-8-19(18-7-6-10-22-25(18)26(33(41)43-22)31-34(42)48-38(29)53-31)28(20)47-39(40)52-24-12-11-17(13-21(24)40)14-23(35(50)45-27)44-36(51)30(49)16(3)4/h5-13,15-16,23,27,30,39,43,47,49H,14H2,1-4H3,(H,44,51)(H,45,50)/t23-,27+,30+,39+,40+/m0/s1. The first-order chi connectivity index (χ1) is 25.9. The average molecular weight is 766 g/mol. The number of fused-ring (bicyclic) bond motifs is 7. The van der Waals surface area contributed by atoms with E-state index in [1.54, 1.807) is 13.8 Å². The van der Waals surface area contributed by atoms with Crippen LogP contribution in [0.25, 0.3) is 44.9 Å². The zero-order chi connectivity index (χ0) is 37.4. The number of carbonyl (C=O) groups is 2. The number of oxazole rings is 2. The number of ether oxygens (including phenoxy) is 1. The number of para-hydroxylation sites is 1. The number of anilines is 1. The summed E-state index contributed by atoms with van der Waals surface area (Å²) in [5.41, 5.74) is 5.49. The van der Waals surface area contributed by atoms with Crippen LogP contribution in [0.2, 0.25) is 10.3 Å². The van der Waals surface area contributed by atoms with Crippen molar-refractivity contribution in [3.8, 4) is 39.8 Å². The average Bonchev–Trinajstić information content (AvgIpc) is 3.94. The molecule has 0 fully saturated rings. The number of nitrogens with zero attached hydrogens (tertiary/aromatic N) is 2. The molecule has 274 valence electrons.